The molecular formula is C13H14BrN3O. The smallest absolute Gasteiger partial charge is 0.228 e. The maximum absolute atomic E-state index is 5.30. The fourth-order valence-corrected chi connectivity index (χ4v) is 2.46. The van der Waals surface area contributed by atoms with Crippen molar-refractivity contribution >= 4 is 15.9 Å². The van der Waals surface area contributed by atoms with E-state index in [2.05, 4.69) is 31.4 Å². The van der Waals surface area contributed by atoms with Crippen molar-refractivity contribution in [2.24, 2.45) is 0 Å². The summed E-state index contributed by atoms with van der Waals surface area (Å²) in [7, 11) is 0. The Labute approximate surface area is 114 Å². The third-order valence-electron chi connectivity index (χ3n) is 3.15. The topological polar surface area (TPSA) is 51.0 Å². The Hall–Kier alpha value is -1.20. The molecule has 1 fully saturated rings. The number of aromatic nitrogens is 2. The number of benzene rings is 1. The Morgan fingerprint density at radius 2 is 2.17 bits per heavy atom. The van der Waals surface area contributed by atoms with Gasteiger partial charge in [0, 0.05) is 22.5 Å². The average Bonchev–Trinajstić information content (AvgIpc) is 3.02. The Balaban J connectivity index is 1.74. The van der Waals surface area contributed by atoms with Crippen molar-refractivity contribution in [2.45, 2.75) is 25.3 Å². The first kappa shape index (κ1) is 11.9. The lowest BCUT2D eigenvalue weighted by Crippen LogP contribution is -2.23. The molecule has 3 rings (SSSR count). The van der Waals surface area contributed by atoms with Crippen LogP contribution in [0, 0.1) is 0 Å². The van der Waals surface area contributed by atoms with Crippen LogP contribution in [0.2, 0.25) is 0 Å². The molecule has 1 aliphatic heterocycles. The number of nitrogens with zero attached hydrogens (tertiary/aromatic N) is 2. The van der Waals surface area contributed by atoms with Gasteiger partial charge in [0.2, 0.25) is 11.7 Å². The molecule has 5 heteroatoms. The minimum Gasteiger partial charge on any atom is -0.339 e. The molecule has 18 heavy (non-hydrogen) atoms. The van der Waals surface area contributed by atoms with Crippen LogP contribution in [0.5, 0.6) is 0 Å². The number of nitrogens with one attached hydrogen (secondary N) is 1. The third kappa shape index (κ3) is 2.62. The van der Waals surface area contributed by atoms with Gasteiger partial charge in [0.05, 0.1) is 0 Å². The maximum Gasteiger partial charge on any atom is 0.228 e. The van der Waals surface area contributed by atoms with Crippen molar-refractivity contribution in [3.05, 3.63) is 34.6 Å². The summed E-state index contributed by atoms with van der Waals surface area (Å²) in [6.45, 7) is 1.10. The van der Waals surface area contributed by atoms with Gasteiger partial charge in [-0.1, -0.05) is 21.1 Å². The zero-order chi connectivity index (χ0) is 12.4. The van der Waals surface area contributed by atoms with E-state index in [4.69, 9.17) is 4.52 Å². The highest BCUT2D eigenvalue weighted by molar-refractivity contribution is 9.10. The van der Waals surface area contributed by atoms with Crippen LogP contribution in [-0.4, -0.2) is 22.7 Å². The number of rotatable bonds is 3. The molecule has 1 aromatic carbocycles. The van der Waals surface area contributed by atoms with Crippen molar-refractivity contribution in [3.8, 4) is 11.4 Å². The first-order valence-electron chi connectivity index (χ1n) is 6.13. The van der Waals surface area contributed by atoms with E-state index < -0.39 is 0 Å². The van der Waals surface area contributed by atoms with Crippen molar-refractivity contribution in [1.29, 1.82) is 0 Å². The molecule has 2 heterocycles. The van der Waals surface area contributed by atoms with Gasteiger partial charge in [-0.3, -0.25) is 0 Å². The van der Waals surface area contributed by atoms with E-state index in [9.17, 15) is 0 Å². The van der Waals surface area contributed by atoms with Gasteiger partial charge < -0.3 is 9.84 Å². The second-order valence-corrected chi connectivity index (χ2v) is 5.43. The molecule has 1 aromatic heterocycles. The first-order chi connectivity index (χ1) is 8.81. The monoisotopic (exact) mass is 307 g/mol. The van der Waals surface area contributed by atoms with Crippen LogP contribution < -0.4 is 5.32 Å². The molecule has 0 aliphatic carbocycles. The Kier molecular flexibility index (Phi) is 3.43. The summed E-state index contributed by atoms with van der Waals surface area (Å²) in [6.07, 6.45) is 3.25. The molecule has 1 unspecified atom stereocenters. The number of halogens is 1. The van der Waals surface area contributed by atoms with E-state index in [0.29, 0.717) is 17.8 Å². The highest BCUT2D eigenvalue weighted by Crippen LogP contribution is 2.20. The fraction of sp³-hybridized carbons (Fsp3) is 0.385. The van der Waals surface area contributed by atoms with E-state index >= 15 is 0 Å². The first-order valence-corrected chi connectivity index (χ1v) is 6.92. The summed E-state index contributed by atoms with van der Waals surface area (Å²) < 4.78 is 6.34. The van der Waals surface area contributed by atoms with Crippen molar-refractivity contribution < 1.29 is 4.52 Å². The van der Waals surface area contributed by atoms with Gasteiger partial charge >= 0.3 is 0 Å². The van der Waals surface area contributed by atoms with E-state index in [1.54, 1.807) is 0 Å². The van der Waals surface area contributed by atoms with E-state index in [-0.39, 0.29) is 0 Å². The summed E-state index contributed by atoms with van der Waals surface area (Å²) >= 11 is 3.41. The van der Waals surface area contributed by atoms with Gasteiger partial charge in [0.1, 0.15) is 0 Å². The van der Waals surface area contributed by atoms with Gasteiger partial charge in [-0.15, -0.1) is 0 Å². The zero-order valence-corrected chi connectivity index (χ0v) is 11.5. The third-order valence-corrected chi connectivity index (χ3v) is 3.68. The minimum absolute atomic E-state index is 0.489. The van der Waals surface area contributed by atoms with Gasteiger partial charge in [0.15, 0.2) is 0 Å². The zero-order valence-electron chi connectivity index (χ0n) is 9.90. The van der Waals surface area contributed by atoms with Crippen LogP contribution in [-0.2, 0) is 6.42 Å². The molecule has 1 aliphatic rings. The molecule has 0 spiro atoms. The summed E-state index contributed by atoms with van der Waals surface area (Å²) in [5.74, 6) is 1.38. The Morgan fingerprint density at radius 1 is 1.33 bits per heavy atom. The number of hydrogen-bond acceptors (Lipinski definition) is 4. The highest BCUT2D eigenvalue weighted by Gasteiger charge is 2.18. The fourth-order valence-electron chi connectivity index (χ4n) is 2.20. The van der Waals surface area contributed by atoms with E-state index in [1.165, 1.54) is 12.8 Å². The van der Waals surface area contributed by atoms with E-state index in [0.717, 1.165) is 23.0 Å². The number of hydrogen-bond donors (Lipinski definition) is 1. The lowest BCUT2D eigenvalue weighted by Gasteiger charge is -2.04. The van der Waals surface area contributed by atoms with Crippen molar-refractivity contribution in [1.82, 2.24) is 15.5 Å². The maximum atomic E-state index is 5.30. The van der Waals surface area contributed by atoms with Crippen molar-refractivity contribution in [3.63, 3.8) is 0 Å². The molecule has 1 atom stereocenters. The molecule has 1 N–H and O–H groups in total. The lowest BCUT2D eigenvalue weighted by molar-refractivity contribution is 0.364. The van der Waals surface area contributed by atoms with Crippen molar-refractivity contribution in [2.75, 3.05) is 6.54 Å². The molecule has 0 saturated carbocycles. The highest BCUT2D eigenvalue weighted by atomic mass is 79.9. The van der Waals surface area contributed by atoms with Crippen LogP contribution in [0.25, 0.3) is 11.4 Å². The van der Waals surface area contributed by atoms with Crippen LogP contribution in [0.1, 0.15) is 18.7 Å². The average molecular weight is 308 g/mol. The standard InChI is InChI=1S/C13H14BrN3O/c14-10-5-3-9(4-6-10)13-16-12(18-17-13)8-11-2-1-7-15-11/h3-6,11,15H,1-2,7-8H2. The van der Waals surface area contributed by atoms with E-state index in [1.807, 2.05) is 24.3 Å². The van der Waals surface area contributed by atoms with Crippen LogP contribution in [0.15, 0.2) is 33.3 Å². The SMILES string of the molecule is Brc1ccc(-c2noc(CC3CCCN3)n2)cc1. The lowest BCUT2D eigenvalue weighted by atomic mass is 10.1. The Morgan fingerprint density at radius 3 is 2.89 bits per heavy atom. The second-order valence-electron chi connectivity index (χ2n) is 4.52. The predicted octanol–water partition coefficient (Wildman–Crippen LogP) is 2.79. The minimum atomic E-state index is 0.489. The molecule has 4 nitrogen and oxygen atoms in total. The van der Waals surface area contributed by atoms with Gasteiger partial charge in [-0.25, -0.2) is 0 Å². The molecule has 94 valence electrons. The quantitative estimate of drug-likeness (QED) is 0.947. The molecule has 2 aromatic rings. The molecule has 0 amide bonds. The summed E-state index contributed by atoms with van der Waals surface area (Å²) in [5.41, 5.74) is 0.979. The largest absolute Gasteiger partial charge is 0.339 e. The molecule has 1 saturated heterocycles. The predicted molar refractivity (Wildman–Crippen MR) is 72.2 cm³/mol. The normalized spacial score (nSPS) is 19.3. The summed E-state index contributed by atoms with van der Waals surface area (Å²) in [4.78, 5) is 4.44. The van der Waals surface area contributed by atoms with Gasteiger partial charge in [-0.2, -0.15) is 4.98 Å². The molecule has 0 bridgehead atoms. The van der Waals surface area contributed by atoms with Gasteiger partial charge in [-0.05, 0) is 43.7 Å². The molecular weight excluding hydrogens is 294 g/mol. The molecule has 0 radical (unpaired) electrons. The van der Waals surface area contributed by atoms with Crippen LogP contribution in [0.3, 0.4) is 0 Å². The van der Waals surface area contributed by atoms with Crippen LogP contribution >= 0.6 is 15.9 Å². The second kappa shape index (κ2) is 5.20. The summed E-state index contributed by atoms with van der Waals surface area (Å²) in [6, 6.07) is 8.40. The Bertz CT molecular complexity index is 517. The van der Waals surface area contributed by atoms with Crippen LogP contribution in [0.4, 0.5) is 0 Å². The summed E-state index contributed by atoms with van der Waals surface area (Å²) in [5, 5.41) is 7.46. The van der Waals surface area contributed by atoms with Gasteiger partial charge in [0.25, 0.3) is 0 Å².